The van der Waals surface area contributed by atoms with Gasteiger partial charge in [-0.3, -0.25) is 0 Å². The van der Waals surface area contributed by atoms with E-state index in [9.17, 15) is 9.18 Å². The molecule has 1 N–H and O–H groups in total. The first kappa shape index (κ1) is 26.7. The topological polar surface area (TPSA) is 92.7 Å². The van der Waals surface area contributed by atoms with Crippen molar-refractivity contribution in [2.24, 2.45) is 0 Å². The summed E-state index contributed by atoms with van der Waals surface area (Å²) < 4.78 is 40.2. The van der Waals surface area contributed by atoms with E-state index in [2.05, 4.69) is 20.2 Å². The Labute approximate surface area is 235 Å². The number of hydrogen-bond donors (Lipinski definition) is 1. The smallest absolute Gasteiger partial charge is 0.410 e. The number of nitrogens with one attached hydrogen (secondary N) is 1. The average Bonchev–Trinajstić information content (AvgIpc) is 3.67. The van der Waals surface area contributed by atoms with Crippen molar-refractivity contribution in [2.75, 3.05) is 29.9 Å². The van der Waals surface area contributed by atoms with Crippen LogP contribution in [0.1, 0.15) is 46.5 Å². The summed E-state index contributed by atoms with van der Waals surface area (Å²) >= 11 is 6.21. The predicted molar refractivity (Wildman–Crippen MR) is 148 cm³/mol. The summed E-state index contributed by atoms with van der Waals surface area (Å²) in [4.78, 5) is 30.3. The Kier molecular flexibility index (Phi) is 6.59. The van der Waals surface area contributed by atoms with E-state index in [4.69, 9.17) is 26.1 Å². The van der Waals surface area contributed by atoms with Crippen LogP contribution in [0, 0.1) is 5.82 Å². The van der Waals surface area contributed by atoms with Gasteiger partial charge in [0.25, 0.3) is 0 Å². The maximum atomic E-state index is 15.2. The van der Waals surface area contributed by atoms with E-state index in [0.717, 1.165) is 18.7 Å². The molecular weight excluding hydrogens is 542 g/mol. The molecule has 0 radical (unpaired) electrons. The van der Waals surface area contributed by atoms with Crippen LogP contribution in [0.15, 0.2) is 30.6 Å². The van der Waals surface area contributed by atoms with Crippen molar-refractivity contribution in [1.82, 2.24) is 19.9 Å². The molecule has 9 nitrogen and oxygen atoms in total. The molecule has 3 aliphatic heterocycles. The molecule has 1 unspecified atom stereocenters. The zero-order valence-corrected chi connectivity index (χ0v) is 23.3. The molecule has 1 aliphatic carbocycles. The molecule has 2 atom stereocenters. The lowest BCUT2D eigenvalue weighted by Crippen LogP contribution is -2.64. The van der Waals surface area contributed by atoms with Gasteiger partial charge >= 0.3 is 6.09 Å². The summed E-state index contributed by atoms with van der Waals surface area (Å²) in [5.41, 5.74) is -0.767. The van der Waals surface area contributed by atoms with Crippen molar-refractivity contribution in [3.05, 3.63) is 41.4 Å². The highest BCUT2D eigenvalue weighted by Crippen LogP contribution is 2.42. The molecular formula is C28H31ClF2N6O3. The Morgan fingerprint density at radius 2 is 1.93 bits per heavy atom. The van der Waals surface area contributed by atoms with Gasteiger partial charge in [-0.25, -0.2) is 28.5 Å². The van der Waals surface area contributed by atoms with Gasteiger partial charge in [-0.05, 0) is 70.7 Å². The van der Waals surface area contributed by atoms with Gasteiger partial charge in [0.15, 0.2) is 11.6 Å². The number of piperidine rings is 2. The minimum absolute atomic E-state index is 0.0196. The average molecular weight is 573 g/mol. The van der Waals surface area contributed by atoms with Crippen LogP contribution in [0.4, 0.5) is 30.9 Å². The number of piperazine rings is 1. The van der Waals surface area contributed by atoms with Gasteiger partial charge in [-0.2, -0.15) is 0 Å². The Balaban J connectivity index is 1.22. The summed E-state index contributed by atoms with van der Waals surface area (Å²) in [6, 6.07) is 6.84. The summed E-state index contributed by atoms with van der Waals surface area (Å²) in [6.07, 6.45) is 3.78. The number of amides is 1. The molecule has 1 aromatic carbocycles. The molecule has 0 spiro atoms. The maximum Gasteiger partial charge on any atom is 0.410 e. The van der Waals surface area contributed by atoms with Crippen molar-refractivity contribution in [3.63, 3.8) is 0 Å². The number of pyridine rings is 1. The zero-order chi connectivity index (χ0) is 28.2. The van der Waals surface area contributed by atoms with Crippen molar-refractivity contribution in [3.8, 4) is 5.75 Å². The van der Waals surface area contributed by atoms with Gasteiger partial charge in [0.05, 0.1) is 17.2 Å². The number of carbonyl (C=O) groups excluding carboxylic acids is 1. The standard InChI is InChI=1S/C28H31ClF2N6O3/c1-27(2,3)40-26(38)37-13-16-4-5-17(37)12-36(16)21-9-7-19-24(35-21)25(33-15-32-19)34-18-6-8-20(22(29)23(18)30)39-14-28(31)10-11-28/h6-9,15-17H,4-5,10-14H2,1-3H3,(H,32,33,34)/t16?,17-/m0/s1. The van der Waals surface area contributed by atoms with Gasteiger partial charge in [-0.15, -0.1) is 0 Å². The molecule has 12 heteroatoms. The van der Waals surface area contributed by atoms with E-state index >= 15 is 4.39 Å². The quantitative estimate of drug-likeness (QED) is 0.383. The van der Waals surface area contributed by atoms with Crippen LogP contribution in [0.2, 0.25) is 5.02 Å². The molecule has 3 aromatic rings. The maximum absolute atomic E-state index is 15.2. The molecule has 1 saturated carbocycles. The lowest BCUT2D eigenvalue weighted by molar-refractivity contribution is 0.000789. The van der Waals surface area contributed by atoms with Crippen LogP contribution in [0.3, 0.4) is 0 Å². The molecule has 7 rings (SSSR count). The van der Waals surface area contributed by atoms with Gasteiger partial charge in [0, 0.05) is 19.1 Å². The molecule has 4 fully saturated rings. The van der Waals surface area contributed by atoms with Crippen LogP contribution in [0.5, 0.6) is 5.75 Å². The number of anilines is 3. The number of alkyl halides is 1. The van der Waals surface area contributed by atoms with Gasteiger partial charge in [0.2, 0.25) is 0 Å². The minimum atomic E-state index is -1.35. The monoisotopic (exact) mass is 572 g/mol. The number of halogens is 3. The van der Waals surface area contributed by atoms with Crippen LogP contribution >= 0.6 is 11.6 Å². The third-order valence-electron chi connectivity index (χ3n) is 7.50. The lowest BCUT2D eigenvalue weighted by Gasteiger charge is -2.51. The lowest BCUT2D eigenvalue weighted by atomic mass is 9.91. The molecule has 2 aromatic heterocycles. The Hall–Kier alpha value is -3.47. The van der Waals surface area contributed by atoms with Crippen LogP contribution < -0.4 is 15.0 Å². The molecule has 2 bridgehead atoms. The van der Waals surface area contributed by atoms with Crippen LogP contribution in [-0.2, 0) is 4.74 Å². The Morgan fingerprint density at radius 1 is 1.15 bits per heavy atom. The number of benzene rings is 1. The fourth-order valence-electron chi connectivity index (χ4n) is 5.19. The summed E-state index contributed by atoms with van der Waals surface area (Å²) in [5.74, 6) is 0.392. The van der Waals surface area contributed by atoms with Crippen molar-refractivity contribution in [2.45, 2.75) is 69.8 Å². The summed E-state index contributed by atoms with van der Waals surface area (Å²) in [7, 11) is 0. The second kappa shape index (κ2) is 9.87. The number of carbonyl (C=O) groups is 1. The number of hydrogen-bond acceptors (Lipinski definition) is 8. The predicted octanol–water partition coefficient (Wildman–Crippen LogP) is 6.03. The third kappa shape index (κ3) is 5.31. The van der Waals surface area contributed by atoms with E-state index in [1.165, 1.54) is 18.5 Å². The zero-order valence-electron chi connectivity index (χ0n) is 22.6. The van der Waals surface area contributed by atoms with Crippen molar-refractivity contribution in [1.29, 1.82) is 0 Å². The van der Waals surface area contributed by atoms with Crippen LogP contribution in [0.25, 0.3) is 11.0 Å². The normalized spacial score (nSPS) is 21.4. The van der Waals surface area contributed by atoms with E-state index in [1.807, 2.05) is 37.8 Å². The summed E-state index contributed by atoms with van der Waals surface area (Å²) in [6.45, 7) is 6.62. The summed E-state index contributed by atoms with van der Waals surface area (Å²) in [5, 5.41) is 2.75. The molecule has 212 valence electrons. The number of rotatable bonds is 6. The first-order chi connectivity index (χ1) is 19.0. The second-order valence-corrected chi connectivity index (χ2v) is 12.1. The number of fused-ring (bicyclic) bond motifs is 4. The van der Waals surface area contributed by atoms with E-state index in [-0.39, 0.29) is 41.2 Å². The second-order valence-electron chi connectivity index (χ2n) is 11.7. The van der Waals surface area contributed by atoms with E-state index in [0.29, 0.717) is 42.8 Å². The molecule has 5 heterocycles. The fraction of sp³-hybridized carbons (Fsp3) is 0.500. The van der Waals surface area contributed by atoms with Crippen molar-refractivity contribution >= 4 is 46.1 Å². The van der Waals surface area contributed by atoms with Crippen molar-refractivity contribution < 1.29 is 23.0 Å². The first-order valence-corrected chi connectivity index (χ1v) is 13.8. The third-order valence-corrected chi connectivity index (χ3v) is 7.85. The highest BCUT2D eigenvalue weighted by molar-refractivity contribution is 6.32. The number of nitrogens with zero attached hydrogens (tertiary/aromatic N) is 5. The Bertz CT molecular complexity index is 1460. The number of ether oxygens (including phenoxy) is 2. The van der Waals surface area contributed by atoms with Gasteiger partial charge in [-0.1, -0.05) is 11.6 Å². The van der Waals surface area contributed by atoms with E-state index in [1.54, 1.807) is 0 Å². The first-order valence-electron chi connectivity index (χ1n) is 13.4. The molecule has 40 heavy (non-hydrogen) atoms. The fourth-order valence-corrected chi connectivity index (χ4v) is 5.41. The largest absolute Gasteiger partial charge is 0.489 e. The SMILES string of the molecule is CC(C)(C)OC(=O)N1CC2CC[C@H]1CN2c1ccc2ncnc(Nc3ccc(OCC4(F)CC4)c(Cl)c3F)c2n1. The van der Waals surface area contributed by atoms with Crippen LogP contribution in [-0.4, -0.2) is 69.0 Å². The molecule has 3 saturated heterocycles. The minimum Gasteiger partial charge on any atom is -0.489 e. The molecule has 1 amide bonds. The Morgan fingerprint density at radius 3 is 2.62 bits per heavy atom. The van der Waals surface area contributed by atoms with E-state index < -0.39 is 17.1 Å². The van der Waals surface area contributed by atoms with Gasteiger partial charge < -0.3 is 24.6 Å². The molecule has 4 aliphatic rings. The highest BCUT2D eigenvalue weighted by atomic mass is 35.5. The number of aromatic nitrogens is 3. The van der Waals surface area contributed by atoms with Gasteiger partial charge in [0.1, 0.15) is 46.3 Å². The highest BCUT2D eigenvalue weighted by Gasteiger charge is 2.44.